The second-order valence-electron chi connectivity index (χ2n) is 6.67. The second-order valence-corrected chi connectivity index (χ2v) is 7.70. The van der Waals surface area contributed by atoms with E-state index < -0.39 is 5.91 Å². The first-order valence-electron chi connectivity index (χ1n) is 9.48. The molecule has 0 fully saturated rings. The number of ether oxygens (including phenoxy) is 2. The first kappa shape index (κ1) is 18.9. The number of para-hydroxylation sites is 1. The van der Waals surface area contributed by atoms with Crippen molar-refractivity contribution in [3.8, 4) is 28.3 Å². The van der Waals surface area contributed by atoms with E-state index in [1.807, 2.05) is 30.3 Å². The molecule has 5 rings (SSSR count). The van der Waals surface area contributed by atoms with Crippen molar-refractivity contribution in [1.82, 2.24) is 4.98 Å². The van der Waals surface area contributed by atoms with E-state index in [9.17, 15) is 10.1 Å². The maximum Gasteiger partial charge on any atom is 0.266 e. The molecule has 0 bridgehead atoms. The van der Waals surface area contributed by atoms with Crippen molar-refractivity contribution in [1.29, 1.82) is 5.26 Å². The molecule has 0 saturated heterocycles. The Morgan fingerprint density at radius 2 is 1.94 bits per heavy atom. The second kappa shape index (κ2) is 7.97. The Morgan fingerprint density at radius 3 is 2.77 bits per heavy atom. The van der Waals surface area contributed by atoms with Gasteiger partial charge in [0.05, 0.1) is 10.2 Å². The fourth-order valence-corrected chi connectivity index (χ4v) is 4.06. The predicted molar refractivity (Wildman–Crippen MR) is 117 cm³/mol. The minimum absolute atomic E-state index is 0.0833. The number of hydrogen-bond donors (Lipinski definition) is 1. The Bertz CT molecular complexity index is 1330. The average Bonchev–Trinajstić information content (AvgIpc) is 3.44. The zero-order valence-corrected chi connectivity index (χ0v) is 16.9. The lowest BCUT2D eigenvalue weighted by atomic mass is 10.2. The summed E-state index contributed by atoms with van der Waals surface area (Å²) in [5.41, 5.74) is 1.32. The maximum absolute atomic E-state index is 12.6. The highest BCUT2D eigenvalue weighted by Gasteiger charge is 2.16. The molecule has 2 aromatic heterocycles. The van der Waals surface area contributed by atoms with Crippen LogP contribution in [-0.2, 0) is 4.79 Å². The van der Waals surface area contributed by atoms with Gasteiger partial charge in [0.25, 0.3) is 5.91 Å². The van der Waals surface area contributed by atoms with Crippen molar-refractivity contribution in [2.75, 3.05) is 18.5 Å². The standard InChI is InChI=1S/C23H15N3O4S/c24-13-14(22(27)25-15-5-7-18-20(12-15)29-10-9-28-18)11-16-6-8-19(30-16)23-26-17-3-1-2-4-21(17)31-23/h1-8,11-12H,9-10H2,(H,25,27)/b14-11+. The lowest BCUT2D eigenvalue weighted by molar-refractivity contribution is -0.112. The van der Waals surface area contributed by atoms with Crippen LogP contribution in [0.15, 0.2) is 64.6 Å². The first-order chi connectivity index (χ1) is 15.2. The molecule has 0 atom stereocenters. The van der Waals surface area contributed by atoms with Crippen LogP contribution in [0, 0.1) is 11.3 Å². The van der Waals surface area contributed by atoms with E-state index in [0.29, 0.717) is 41.9 Å². The smallest absolute Gasteiger partial charge is 0.266 e. The van der Waals surface area contributed by atoms with E-state index in [1.54, 1.807) is 30.3 Å². The van der Waals surface area contributed by atoms with Gasteiger partial charge in [0.1, 0.15) is 30.6 Å². The Balaban J connectivity index is 1.35. The van der Waals surface area contributed by atoms with Gasteiger partial charge in [-0.15, -0.1) is 11.3 Å². The molecule has 7 nitrogen and oxygen atoms in total. The summed E-state index contributed by atoms with van der Waals surface area (Å²) in [7, 11) is 0. The normalized spacial score (nSPS) is 13.1. The van der Waals surface area contributed by atoms with Crippen LogP contribution in [0.2, 0.25) is 0 Å². The number of furan rings is 1. The van der Waals surface area contributed by atoms with Gasteiger partial charge in [-0.1, -0.05) is 12.1 Å². The molecule has 2 aromatic carbocycles. The summed E-state index contributed by atoms with van der Waals surface area (Å²) in [6, 6.07) is 18.3. The van der Waals surface area contributed by atoms with Crippen molar-refractivity contribution in [2.45, 2.75) is 0 Å². The van der Waals surface area contributed by atoms with Gasteiger partial charge in [-0.25, -0.2) is 4.98 Å². The monoisotopic (exact) mass is 429 g/mol. The fraction of sp³-hybridized carbons (Fsp3) is 0.0870. The summed E-state index contributed by atoms with van der Waals surface area (Å²) < 4.78 is 17.9. The molecule has 1 aliphatic rings. The predicted octanol–water partition coefficient (Wildman–Crippen LogP) is 4.87. The SMILES string of the molecule is N#C/C(=C\c1ccc(-c2nc3ccccc3s2)o1)C(=O)Nc1ccc2c(c1)OCCO2. The molecular formula is C23H15N3O4S. The number of anilines is 1. The van der Waals surface area contributed by atoms with Crippen LogP contribution >= 0.6 is 11.3 Å². The molecule has 0 unspecified atom stereocenters. The molecule has 8 heteroatoms. The third kappa shape index (κ3) is 3.86. The largest absolute Gasteiger partial charge is 0.486 e. The van der Waals surface area contributed by atoms with E-state index in [-0.39, 0.29) is 5.57 Å². The number of carbonyl (C=O) groups excluding carboxylic acids is 1. The summed E-state index contributed by atoms with van der Waals surface area (Å²) in [6.45, 7) is 0.936. The minimum Gasteiger partial charge on any atom is -0.486 e. The minimum atomic E-state index is -0.544. The van der Waals surface area contributed by atoms with Gasteiger partial charge in [-0.05, 0) is 36.4 Å². The summed E-state index contributed by atoms with van der Waals surface area (Å²) in [5, 5.41) is 12.9. The Labute approximate surface area is 181 Å². The number of thiazole rings is 1. The van der Waals surface area contributed by atoms with Crippen LogP contribution in [0.3, 0.4) is 0 Å². The molecule has 152 valence electrons. The van der Waals surface area contributed by atoms with Crippen LogP contribution < -0.4 is 14.8 Å². The van der Waals surface area contributed by atoms with Gasteiger partial charge >= 0.3 is 0 Å². The van der Waals surface area contributed by atoms with Crippen molar-refractivity contribution in [3.63, 3.8) is 0 Å². The van der Waals surface area contributed by atoms with E-state index >= 15 is 0 Å². The number of nitriles is 1. The number of aromatic nitrogens is 1. The number of benzene rings is 2. The molecule has 0 radical (unpaired) electrons. The highest BCUT2D eigenvalue weighted by molar-refractivity contribution is 7.21. The zero-order valence-electron chi connectivity index (χ0n) is 16.1. The highest BCUT2D eigenvalue weighted by Crippen LogP contribution is 2.33. The van der Waals surface area contributed by atoms with E-state index in [1.165, 1.54) is 17.4 Å². The zero-order chi connectivity index (χ0) is 21.2. The van der Waals surface area contributed by atoms with E-state index in [4.69, 9.17) is 13.9 Å². The Hall–Kier alpha value is -4.09. The molecule has 1 amide bonds. The molecule has 0 spiro atoms. The molecule has 31 heavy (non-hydrogen) atoms. The number of amides is 1. The van der Waals surface area contributed by atoms with Crippen LogP contribution in [0.1, 0.15) is 5.76 Å². The quantitative estimate of drug-likeness (QED) is 0.367. The number of carbonyl (C=O) groups is 1. The molecule has 3 heterocycles. The van der Waals surface area contributed by atoms with Gasteiger partial charge in [0.2, 0.25) is 0 Å². The van der Waals surface area contributed by atoms with Crippen LogP contribution in [0.25, 0.3) is 27.1 Å². The lowest BCUT2D eigenvalue weighted by Gasteiger charge is -2.18. The van der Waals surface area contributed by atoms with E-state index in [0.717, 1.165) is 15.2 Å². The molecular weight excluding hydrogens is 414 g/mol. The van der Waals surface area contributed by atoms with Crippen molar-refractivity contribution in [2.24, 2.45) is 0 Å². The highest BCUT2D eigenvalue weighted by atomic mass is 32.1. The maximum atomic E-state index is 12.6. The van der Waals surface area contributed by atoms with Crippen LogP contribution in [0.4, 0.5) is 5.69 Å². The van der Waals surface area contributed by atoms with Crippen molar-refractivity contribution >= 4 is 39.2 Å². The molecule has 0 aliphatic carbocycles. The topological polar surface area (TPSA) is 97.4 Å². The van der Waals surface area contributed by atoms with Gasteiger partial charge in [0.15, 0.2) is 22.3 Å². The number of rotatable bonds is 4. The Morgan fingerprint density at radius 1 is 1.10 bits per heavy atom. The molecule has 1 N–H and O–H groups in total. The lowest BCUT2D eigenvalue weighted by Crippen LogP contribution is -2.17. The first-order valence-corrected chi connectivity index (χ1v) is 10.3. The summed E-state index contributed by atoms with van der Waals surface area (Å²) in [6.07, 6.45) is 1.41. The van der Waals surface area contributed by atoms with E-state index in [2.05, 4.69) is 10.3 Å². The number of hydrogen-bond acceptors (Lipinski definition) is 7. The van der Waals surface area contributed by atoms with Crippen molar-refractivity contribution < 1.29 is 18.7 Å². The summed E-state index contributed by atoms with van der Waals surface area (Å²) >= 11 is 1.52. The van der Waals surface area contributed by atoms with Crippen molar-refractivity contribution in [3.05, 3.63) is 65.9 Å². The summed E-state index contributed by atoms with van der Waals surface area (Å²) in [5.74, 6) is 1.61. The fourth-order valence-electron chi connectivity index (χ4n) is 3.13. The molecule has 1 aliphatic heterocycles. The molecule has 4 aromatic rings. The number of fused-ring (bicyclic) bond motifs is 2. The third-order valence-electron chi connectivity index (χ3n) is 4.58. The van der Waals surface area contributed by atoms with Gasteiger partial charge in [-0.3, -0.25) is 4.79 Å². The number of nitrogens with zero attached hydrogens (tertiary/aromatic N) is 2. The number of nitrogens with one attached hydrogen (secondary N) is 1. The van der Waals surface area contributed by atoms with Gasteiger partial charge < -0.3 is 19.2 Å². The Kier molecular flexibility index (Phi) is 4.86. The molecule has 0 saturated carbocycles. The summed E-state index contributed by atoms with van der Waals surface area (Å²) in [4.78, 5) is 17.1. The third-order valence-corrected chi connectivity index (χ3v) is 5.63. The van der Waals surface area contributed by atoms with Crippen LogP contribution in [0.5, 0.6) is 11.5 Å². The van der Waals surface area contributed by atoms with Crippen LogP contribution in [-0.4, -0.2) is 24.1 Å². The average molecular weight is 429 g/mol. The van der Waals surface area contributed by atoms with Gasteiger partial charge in [-0.2, -0.15) is 5.26 Å². The van der Waals surface area contributed by atoms with Gasteiger partial charge in [0, 0.05) is 17.8 Å².